The average Bonchev–Trinajstić information content (AvgIpc) is 3.22. The molecule has 34 heavy (non-hydrogen) atoms. The Kier molecular flexibility index (Phi) is 7.14. The van der Waals surface area contributed by atoms with Crippen LogP contribution < -0.4 is 15.0 Å². The lowest BCUT2D eigenvalue weighted by Crippen LogP contribution is -2.28. The molecule has 1 aromatic heterocycles. The third-order valence-electron chi connectivity index (χ3n) is 5.59. The number of anilines is 2. The van der Waals surface area contributed by atoms with Gasteiger partial charge in [0.2, 0.25) is 0 Å². The molecule has 0 aliphatic rings. The molecule has 4 aromatic rings. The summed E-state index contributed by atoms with van der Waals surface area (Å²) in [6.45, 7) is 6.04. The topological polar surface area (TPSA) is 57.7 Å². The molecule has 0 aliphatic carbocycles. The summed E-state index contributed by atoms with van der Waals surface area (Å²) in [7, 11) is 6.16. The minimum atomic E-state index is -0.522. The van der Waals surface area contributed by atoms with Gasteiger partial charge in [0.25, 0.3) is 0 Å². The quantitative estimate of drug-likeness (QED) is 0.346. The molecule has 0 unspecified atom stereocenters. The number of nitrogens with one attached hydrogen (secondary N) is 1. The Balaban J connectivity index is 1.40. The van der Waals surface area contributed by atoms with E-state index in [0.29, 0.717) is 11.4 Å². The number of nitrogens with zero attached hydrogens (tertiary/aromatic N) is 3. The first-order valence-electron chi connectivity index (χ1n) is 11.2. The molecule has 3 aromatic carbocycles. The van der Waals surface area contributed by atoms with E-state index in [9.17, 15) is 4.79 Å². The van der Waals surface area contributed by atoms with E-state index in [1.807, 2.05) is 49.5 Å². The van der Waals surface area contributed by atoms with E-state index in [1.54, 1.807) is 11.3 Å². The van der Waals surface area contributed by atoms with Gasteiger partial charge in [-0.2, -0.15) is 0 Å². The van der Waals surface area contributed by atoms with Crippen molar-refractivity contribution < 1.29 is 9.53 Å². The Morgan fingerprint density at radius 1 is 0.971 bits per heavy atom. The highest BCUT2D eigenvalue weighted by molar-refractivity contribution is 7.22. The smallest absolute Gasteiger partial charge is 0.410 e. The van der Waals surface area contributed by atoms with Gasteiger partial charge in [-0.15, -0.1) is 0 Å². The van der Waals surface area contributed by atoms with Crippen LogP contribution in [0.15, 0.2) is 60.7 Å². The monoisotopic (exact) mass is 474 g/mol. The SMILES string of the molecule is Cc1ccc(-c2ccc(OC(=O)Nc3ccc4nc(N(C)CCN(C)C)sc4c3)cc2)c(C)c1. The van der Waals surface area contributed by atoms with Crippen LogP contribution in [-0.2, 0) is 0 Å². The van der Waals surface area contributed by atoms with Gasteiger partial charge < -0.3 is 14.5 Å². The zero-order valence-electron chi connectivity index (χ0n) is 20.3. The van der Waals surface area contributed by atoms with Crippen LogP contribution in [0.25, 0.3) is 21.3 Å². The number of hydrogen-bond donors (Lipinski definition) is 1. The van der Waals surface area contributed by atoms with E-state index in [1.165, 1.54) is 16.7 Å². The number of likely N-dealkylation sites (N-methyl/N-ethyl adjacent to an activating group) is 2. The van der Waals surface area contributed by atoms with Crippen LogP contribution in [0.1, 0.15) is 11.1 Å². The summed E-state index contributed by atoms with van der Waals surface area (Å²) < 4.78 is 6.51. The van der Waals surface area contributed by atoms with E-state index >= 15 is 0 Å². The number of benzene rings is 3. The molecular formula is C27H30N4O2S. The van der Waals surface area contributed by atoms with Crippen LogP contribution in [0, 0.1) is 13.8 Å². The van der Waals surface area contributed by atoms with Gasteiger partial charge in [0.05, 0.1) is 10.2 Å². The van der Waals surface area contributed by atoms with E-state index < -0.39 is 6.09 Å². The first-order chi connectivity index (χ1) is 16.3. The normalized spacial score (nSPS) is 11.1. The summed E-state index contributed by atoms with van der Waals surface area (Å²) in [4.78, 5) is 21.5. The highest BCUT2D eigenvalue weighted by Gasteiger charge is 2.11. The van der Waals surface area contributed by atoms with Gasteiger partial charge in [-0.1, -0.05) is 47.2 Å². The van der Waals surface area contributed by atoms with E-state index in [0.717, 1.165) is 34.0 Å². The van der Waals surface area contributed by atoms with Crippen molar-refractivity contribution in [1.82, 2.24) is 9.88 Å². The molecule has 0 saturated heterocycles. The van der Waals surface area contributed by atoms with Gasteiger partial charge in [0.1, 0.15) is 5.75 Å². The van der Waals surface area contributed by atoms with E-state index in [2.05, 4.69) is 61.3 Å². The number of carbonyl (C=O) groups excluding carboxylic acids is 1. The van der Waals surface area contributed by atoms with Gasteiger partial charge in [0.15, 0.2) is 5.13 Å². The van der Waals surface area contributed by atoms with Crippen LogP contribution in [0.2, 0.25) is 0 Å². The summed E-state index contributed by atoms with van der Waals surface area (Å²) in [6.07, 6.45) is -0.522. The molecule has 0 fully saturated rings. The lowest BCUT2D eigenvalue weighted by Gasteiger charge is -2.18. The van der Waals surface area contributed by atoms with Crippen LogP contribution in [0.3, 0.4) is 0 Å². The average molecular weight is 475 g/mol. The zero-order valence-corrected chi connectivity index (χ0v) is 21.1. The molecule has 0 atom stereocenters. The molecule has 1 amide bonds. The molecule has 1 N–H and O–H groups in total. The number of aryl methyl sites for hydroxylation is 2. The molecule has 6 nitrogen and oxygen atoms in total. The van der Waals surface area contributed by atoms with Crippen molar-refractivity contribution in [3.05, 3.63) is 71.8 Å². The summed E-state index contributed by atoms with van der Waals surface area (Å²) >= 11 is 1.61. The van der Waals surface area contributed by atoms with Crippen molar-refractivity contribution >= 4 is 38.5 Å². The lowest BCUT2D eigenvalue weighted by molar-refractivity contribution is 0.215. The van der Waals surface area contributed by atoms with Gasteiger partial charge in [-0.05, 0) is 75.0 Å². The summed E-state index contributed by atoms with van der Waals surface area (Å²) in [6, 6.07) is 19.7. The Bertz CT molecular complexity index is 1300. The fraction of sp³-hybridized carbons (Fsp3) is 0.259. The largest absolute Gasteiger partial charge is 0.417 e. The van der Waals surface area contributed by atoms with Crippen molar-refractivity contribution in [2.75, 3.05) is 44.4 Å². The number of fused-ring (bicyclic) bond motifs is 1. The standard InChI is InChI=1S/C27H30N4O2S/c1-18-6-12-23(19(2)16-18)20-7-10-22(11-8-20)33-27(32)28-21-9-13-24-25(17-21)34-26(29-24)31(5)15-14-30(3)4/h6-13,16-17H,14-15H2,1-5H3,(H,28,32). The fourth-order valence-corrected chi connectivity index (χ4v) is 4.68. The molecule has 1 heterocycles. The maximum absolute atomic E-state index is 12.5. The number of hydrogen-bond acceptors (Lipinski definition) is 6. The summed E-state index contributed by atoms with van der Waals surface area (Å²) in [5, 5.41) is 3.78. The second-order valence-electron chi connectivity index (χ2n) is 8.76. The van der Waals surface area contributed by atoms with E-state index in [4.69, 9.17) is 9.72 Å². The molecule has 0 saturated carbocycles. The highest BCUT2D eigenvalue weighted by Crippen LogP contribution is 2.30. The van der Waals surface area contributed by atoms with Crippen molar-refractivity contribution in [2.24, 2.45) is 0 Å². The van der Waals surface area contributed by atoms with E-state index in [-0.39, 0.29) is 0 Å². The number of aromatic nitrogens is 1. The van der Waals surface area contributed by atoms with Gasteiger partial charge >= 0.3 is 6.09 Å². The van der Waals surface area contributed by atoms with Gasteiger partial charge in [0, 0.05) is 25.8 Å². The Hall–Kier alpha value is -3.42. The van der Waals surface area contributed by atoms with Crippen LogP contribution in [-0.4, -0.2) is 50.2 Å². The Morgan fingerprint density at radius 2 is 1.74 bits per heavy atom. The predicted molar refractivity (Wildman–Crippen MR) is 142 cm³/mol. The first kappa shape index (κ1) is 23.7. The number of thiazole rings is 1. The van der Waals surface area contributed by atoms with Crippen molar-refractivity contribution in [3.63, 3.8) is 0 Å². The minimum absolute atomic E-state index is 0.495. The van der Waals surface area contributed by atoms with Crippen LogP contribution in [0.4, 0.5) is 15.6 Å². The zero-order chi connectivity index (χ0) is 24.2. The first-order valence-corrected chi connectivity index (χ1v) is 12.0. The molecule has 0 bridgehead atoms. The van der Waals surface area contributed by atoms with Gasteiger partial charge in [-0.25, -0.2) is 9.78 Å². The molecule has 0 radical (unpaired) electrons. The lowest BCUT2D eigenvalue weighted by atomic mass is 9.99. The maximum atomic E-state index is 12.5. The molecule has 7 heteroatoms. The van der Waals surface area contributed by atoms with Crippen molar-refractivity contribution in [1.29, 1.82) is 0 Å². The maximum Gasteiger partial charge on any atom is 0.417 e. The van der Waals surface area contributed by atoms with Gasteiger partial charge in [-0.3, -0.25) is 5.32 Å². The molecule has 0 spiro atoms. The van der Waals surface area contributed by atoms with Crippen molar-refractivity contribution in [3.8, 4) is 16.9 Å². The third kappa shape index (κ3) is 5.73. The van der Waals surface area contributed by atoms with Crippen molar-refractivity contribution in [2.45, 2.75) is 13.8 Å². The molecule has 4 rings (SSSR count). The number of rotatable bonds is 7. The highest BCUT2D eigenvalue weighted by atomic mass is 32.1. The molecular weight excluding hydrogens is 444 g/mol. The number of ether oxygens (including phenoxy) is 1. The Morgan fingerprint density at radius 3 is 2.44 bits per heavy atom. The molecule has 0 aliphatic heterocycles. The second-order valence-corrected chi connectivity index (χ2v) is 9.77. The van der Waals surface area contributed by atoms with Crippen LogP contribution >= 0.6 is 11.3 Å². The number of amides is 1. The summed E-state index contributed by atoms with van der Waals surface area (Å²) in [5.41, 5.74) is 6.31. The summed E-state index contributed by atoms with van der Waals surface area (Å²) in [5.74, 6) is 0.495. The second kappa shape index (κ2) is 10.2. The number of carbonyl (C=O) groups is 1. The third-order valence-corrected chi connectivity index (χ3v) is 6.72. The predicted octanol–water partition coefficient (Wildman–Crippen LogP) is 6.19. The fourth-order valence-electron chi connectivity index (χ4n) is 3.69. The van der Waals surface area contributed by atoms with Crippen LogP contribution in [0.5, 0.6) is 5.75 Å². The molecule has 176 valence electrons. The minimum Gasteiger partial charge on any atom is -0.410 e. The Labute approximate surface area is 204 Å².